The van der Waals surface area contributed by atoms with E-state index < -0.39 is 0 Å². The molecule has 0 unspecified atom stereocenters. The fraction of sp³-hybridized carbons (Fsp3) is 0.318. The molecule has 2 aromatic carbocycles. The molecule has 0 aliphatic heterocycles. The van der Waals surface area contributed by atoms with Gasteiger partial charge in [0.15, 0.2) is 0 Å². The standard InChI is InChI=1S/C22H27N3O2/c1-5-20(26)24-16-9-7-15(8-10-16)22-21(23)18-12-11-17(27-14(3)4)13-19(18)25(22)6-2/h7-14H,5-6,23H2,1-4H3,(H,24,26). The Morgan fingerprint density at radius 3 is 2.44 bits per heavy atom. The Hall–Kier alpha value is -2.95. The molecule has 0 atom stereocenters. The Kier molecular flexibility index (Phi) is 5.40. The molecule has 0 spiro atoms. The number of nitrogens with two attached hydrogens (primary N) is 1. The highest BCUT2D eigenvalue weighted by atomic mass is 16.5. The average molecular weight is 365 g/mol. The number of carbonyl (C=O) groups is 1. The highest BCUT2D eigenvalue weighted by molar-refractivity contribution is 6.01. The van der Waals surface area contributed by atoms with E-state index in [4.69, 9.17) is 10.5 Å². The molecule has 5 heteroatoms. The third-order valence-corrected chi connectivity index (χ3v) is 4.53. The zero-order chi connectivity index (χ0) is 19.6. The third kappa shape index (κ3) is 3.77. The van der Waals surface area contributed by atoms with Crippen molar-refractivity contribution in [2.24, 2.45) is 0 Å². The molecule has 1 aromatic heterocycles. The van der Waals surface area contributed by atoms with E-state index in [-0.39, 0.29) is 12.0 Å². The predicted octanol–water partition coefficient (Wildman–Crippen LogP) is 5.05. The van der Waals surface area contributed by atoms with Crippen LogP contribution in [0.25, 0.3) is 22.2 Å². The van der Waals surface area contributed by atoms with Crippen molar-refractivity contribution in [3.8, 4) is 17.0 Å². The van der Waals surface area contributed by atoms with Crippen LogP contribution in [0.2, 0.25) is 0 Å². The molecule has 0 aliphatic rings. The lowest BCUT2D eigenvalue weighted by Gasteiger charge is -2.12. The number of benzene rings is 2. The van der Waals surface area contributed by atoms with Crippen LogP contribution in [-0.2, 0) is 11.3 Å². The molecule has 0 saturated carbocycles. The molecule has 0 radical (unpaired) electrons. The lowest BCUT2D eigenvalue weighted by molar-refractivity contribution is -0.115. The summed E-state index contributed by atoms with van der Waals surface area (Å²) in [6, 6.07) is 13.8. The van der Waals surface area contributed by atoms with Crippen molar-refractivity contribution in [3.63, 3.8) is 0 Å². The molecule has 0 bridgehead atoms. The fourth-order valence-electron chi connectivity index (χ4n) is 3.30. The topological polar surface area (TPSA) is 69.3 Å². The first kappa shape index (κ1) is 18.8. The molecule has 3 rings (SSSR count). The summed E-state index contributed by atoms with van der Waals surface area (Å²) in [6.45, 7) is 8.77. The Labute approximate surface area is 160 Å². The first-order valence-electron chi connectivity index (χ1n) is 9.43. The second kappa shape index (κ2) is 7.74. The minimum absolute atomic E-state index is 0.00242. The highest BCUT2D eigenvalue weighted by Crippen LogP contribution is 2.38. The van der Waals surface area contributed by atoms with Gasteiger partial charge in [-0.2, -0.15) is 0 Å². The van der Waals surface area contributed by atoms with Gasteiger partial charge in [-0.1, -0.05) is 19.1 Å². The van der Waals surface area contributed by atoms with Crippen LogP contribution in [-0.4, -0.2) is 16.6 Å². The van der Waals surface area contributed by atoms with Crippen LogP contribution in [0.5, 0.6) is 5.75 Å². The van der Waals surface area contributed by atoms with Crippen molar-refractivity contribution in [1.29, 1.82) is 0 Å². The maximum atomic E-state index is 11.6. The van der Waals surface area contributed by atoms with Gasteiger partial charge >= 0.3 is 0 Å². The minimum atomic E-state index is 0.00242. The summed E-state index contributed by atoms with van der Waals surface area (Å²) in [7, 11) is 0. The average Bonchev–Trinajstić information content (AvgIpc) is 2.93. The summed E-state index contributed by atoms with van der Waals surface area (Å²) in [5.74, 6) is 0.844. The molecule has 142 valence electrons. The molecule has 27 heavy (non-hydrogen) atoms. The largest absolute Gasteiger partial charge is 0.491 e. The number of ether oxygens (including phenoxy) is 1. The molecule has 3 aromatic rings. The van der Waals surface area contributed by atoms with Gasteiger partial charge in [-0.25, -0.2) is 0 Å². The van der Waals surface area contributed by atoms with Crippen LogP contribution in [0.15, 0.2) is 42.5 Å². The Morgan fingerprint density at radius 2 is 1.85 bits per heavy atom. The fourth-order valence-corrected chi connectivity index (χ4v) is 3.30. The van der Waals surface area contributed by atoms with Gasteiger partial charge < -0.3 is 20.4 Å². The van der Waals surface area contributed by atoms with Crippen LogP contribution >= 0.6 is 0 Å². The number of fused-ring (bicyclic) bond motifs is 1. The lowest BCUT2D eigenvalue weighted by atomic mass is 10.1. The zero-order valence-corrected chi connectivity index (χ0v) is 16.4. The van der Waals surface area contributed by atoms with Gasteiger partial charge in [-0.05, 0) is 45.0 Å². The number of anilines is 2. The van der Waals surface area contributed by atoms with Crippen molar-refractivity contribution in [1.82, 2.24) is 4.57 Å². The van der Waals surface area contributed by atoms with E-state index >= 15 is 0 Å². The number of carbonyl (C=O) groups excluding carboxylic acids is 1. The van der Waals surface area contributed by atoms with Crippen LogP contribution in [0.1, 0.15) is 34.1 Å². The zero-order valence-electron chi connectivity index (χ0n) is 16.4. The number of amides is 1. The van der Waals surface area contributed by atoms with Crippen molar-refractivity contribution in [2.45, 2.75) is 46.8 Å². The van der Waals surface area contributed by atoms with Gasteiger partial charge in [0.25, 0.3) is 0 Å². The quantitative estimate of drug-likeness (QED) is 0.642. The minimum Gasteiger partial charge on any atom is -0.491 e. The van der Waals surface area contributed by atoms with E-state index in [9.17, 15) is 4.79 Å². The summed E-state index contributed by atoms with van der Waals surface area (Å²) < 4.78 is 8.05. The van der Waals surface area contributed by atoms with Crippen LogP contribution in [0.3, 0.4) is 0 Å². The molecule has 1 amide bonds. The number of rotatable bonds is 6. The molecular formula is C22H27N3O2. The van der Waals surface area contributed by atoms with Crippen molar-refractivity contribution in [3.05, 3.63) is 42.5 Å². The van der Waals surface area contributed by atoms with E-state index in [0.717, 1.165) is 45.8 Å². The molecule has 5 nitrogen and oxygen atoms in total. The molecule has 0 saturated heterocycles. The van der Waals surface area contributed by atoms with E-state index in [1.165, 1.54) is 0 Å². The molecule has 3 N–H and O–H groups in total. The summed E-state index contributed by atoms with van der Waals surface area (Å²) in [4.78, 5) is 11.6. The number of nitrogens with one attached hydrogen (secondary N) is 1. The first-order chi connectivity index (χ1) is 12.9. The van der Waals surface area contributed by atoms with Gasteiger partial charge in [0.2, 0.25) is 5.91 Å². The van der Waals surface area contributed by atoms with E-state index in [2.05, 4.69) is 22.9 Å². The van der Waals surface area contributed by atoms with Gasteiger partial charge in [0.1, 0.15) is 5.75 Å². The summed E-state index contributed by atoms with van der Waals surface area (Å²) in [5.41, 5.74) is 11.1. The molecule has 1 heterocycles. The Morgan fingerprint density at radius 1 is 1.15 bits per heavy atom. The van der Waals surface area contributed by atoms with Gasteiger partial charge in [0.05, 0.1) is 23.0 Å². The Balaban J connectivity index is 2.05. The predicted molar refractivity (Wildman–Crippen MR) is 112 cm³/mol. The van der Waals surface area contributed by atoms with Gasteiger partial charge in [-0.15, -0.1) is 0 Å². The maximum Gasteiger partial charge on any atom is 0.224 e. The second-order valence-corrected chi connectivity index (χ2v) is 6.83. The normalized spacial score (nSPS) is 11.1. The number of hydrogen-bond donors (Lipinski definition) is 2. The monoisotopic (exact) mass is 365 g/mol. The first-order valence-corrected chi connectivity index (χ1v) is 9.43. The highest BCUT2D eigenvalue weighted by Gasteiger charge is 2.17. The van der Waals surface area contributed by atoms with Gasteiger partial charge in [0, 0.05) is 35.7 Å². The van der Waals surface area contributed by atoms with Crippen molar-refractivity contribution in [2.75, 3.05) is 11.1 Å². The number of hydrogen-bond acceptors (Lipinski definition) is 3. The molecule has 0 fully saturated rings. The van der Waals surface area contributed by atoms with E-state index in [1.807, 2.05) is 57.2 Å². The van der Waals surface area contributed by atoms with Crippen molar-refractivity contribution >= 4 is 28.2 Å². The molecule has 0 aliphatic carbocycles. The summed E-state index contributed by atoms with van der Waals surface area (Å²) in [5, 5.41) is 3.89. The summed E-state index contributed by atoms with van der Waals surface area (Å²) in [6.07, 6.45) is 0.578. The summed E-state index contributed by atoms with van der Waals surface area (Å²) >= 11 is 0. The van der Waals surface area contributed by atoms with Crippen LogP contribution in [0, 0.1) is 0 Å². The lowest BCUT2D eigenvalue weighted by Crippen LogP contribution is -2.09. The third-order valence-electron chi connectivity index (χ3n) is 4.53. The van der Waals surface area contributed by atoms with Crippen LogP contribution < -0.4 is 15.8 Å². The number of aryl methyl sites for hydroxylation is 1. The van der Waals surface area contributed by atoms with E-state index in [0.29, 0.717) is 6.42 Å². The second-order valence-electron chi connectivity index (χ2n) is 6.83. The molecular weight excluding hydrogens is 338 g/mol. The number of nitrogen functional groups attached to an aromatic ring is 1. The van der Waals surface area contributed by atoms with Crippen LogP contribution in [0.4, 0.5) is 11.4 Å². The number of nitrogens with zero attached hydrogens (tertiary/aromatic N) is 1. The SMILES string of the molecule is CCC(=O)Nc1ccc(-c2c(N)c3ccc(OC(C)C)cc3n2CC)cc1. The Bertz CT molecular complexity index is 956. The maximum absolute atomic E-state index is 11.6. The smallest absolute Gasteiger partial charge is 0.224 e. The van der Waals surface area contributed by atoms with Gasteiger partial charge in [-0.3, -0.25) is 4.79 Å². The van der Waals surface area contributed by atoms with E-state index in [1.54, 1.807) is 0 Å². The van der Waals surface area contributed by atoms with Crippen molar-refractivity contribution < 1.29 is 9.53 Å². The number of aromatic nitrogens is 1.